The second-order valence-corrected chi connectivity index (χ2v) is 4.79. The van der Waals surface area contributed by atoms with Crippen molar-refractivity contribution in [3.8, 4) is 0 Å². The molecule has 2 N–H and O–H groups in total. The number of nitrogens with one attached hydrogen (secondary N) is 2. The van der Waals surface area contributed by atoms with E-state index in [1.165, 1.54) is 12.1 Å². The van der Waals surface area contributed by atoms with E-state index in [9.17, 15) is 9.18 Å². The minimum Gasteiger partial charge on any atom is -0.384 e. The first kappa shape index (κ1) is 15.0. The normalized spacial score (nSPS) is 10.2. The van der Waals surface area contributed by atoms with Crippen molar-refractivity contribution in [3.05, 3.63) is 53.5 Å². The Bertz CT molecular complexity index is 626. The van der Waals surface area contributed by atoms with Crippen LogP contribution in [0, 0.1) is 12.7 Å². The summed E-state index contributed by atoms with van der Waals surface area (Å²) in [6.45, 7) is 4.78. The molecule has 0 saturated carbocycles. The number of hydrogen-bond donors (Lipinski definition) is 2. The molecule has 0 unspecified atom stereocenters. The molecule has 0 atom stereocenters. The molecule has 21 heavy (non-hydrogen) atoms. The fourth-order valence-electron chi connectivity index (χ4n) is 1.89. The molecule has 1 aromatic carbocycles. The number of benzene rings is 1. The Labute approximate surface area is 123 Å². The van der Waals surface area contributed by atoms with Gasteiger partial charge in [-0.1, -0.05) is 18.6 Å². The molecule has 0 fully saturated rings. The maximum Gasteiger partial charge on any atom is 0.258 e. The molecule has 0 aliphatic rings. The summed E-state index contributed by atoms with van der Waals surface area (Å²) in [6, 6.07) is 8.34. The Morgan fingerprint density at radius 2 is 2.10 bits per heavy atom. The predicted octanol–water partition coefficient (Wildman–Crippen LogP) is 3.60. The molecule has 2 aromatic rings. The summed E-state index contributed by atoms with van der Waals surface area (Å²) in [5.41, 5.74) is 2.32. The van der Waals surface area contributed by atoms with Crippen LogP contribution in [0.3, 0.4) is 0 Å². The van der Waals surface area contributed by atoms with Crippen LogP contribution in [-0.4, -0.2) is 17.4 Å². The Balaban J connectivity index is 2.20. The number of pyridine rings is 1. The van der Waals surface area contributed by atoms with Crippen LogP contribution >= 0.6 is 0 Å². The summed E-state index contributed by atoms with van der Waals surface area (Å²) in [5, 5.41) is 5.90. The smallest absolute Gasteiger partial charge is 0.258 e. The van der Waals surface area contributed by atoms with Crippen LogP contribution in [0.1, 0.15) is 29.3 Å². The van der Waals surface area contributed by atoms with Gasteiger partial charge in [0.1, 0.15) is 11.6 Å². The molecule has 0 saturated heterocycles. The van der Waals surface area contributed by atoms with Gasteiger partial charge < -0.3 is 10.6 Å². The number of aryl methyl sites for hydroxylation is 1. The first-order chi connectivity index (χ1) is 10.1. The van der Waals surface area contributed by atoms with Gasteiger partial charge in [-0.05, 0) is 37.6 Å². The molecule has 1 aromatic heterocycles. The van der Waals surface area contributed by atoms with Crippen molar-refractivity contribution in [2.45, 2.75) is 20.3 Å². The molecular weight excluding hydrogens is 269 g/mol. The van der Waals surface area contributed by atoms with Gasteiger partial charge in [0.2, 0.25) is 0 Å². The van der Waals surface area contributed by atoms with Gasteiger partial charge in [0.05, 0.1) is 11.8 Å². The van der Waals surface area contributed by atoms with Gasteiger partial charge in [-0.3, -0.25) is 4.79 Å². The van der Waals surface area contributed by atoms with Crippen molar-refractivity contribution >= 4 is 17.4 Å². The van der Waals surface area contributed by atoms with Gasteiger partial charge in [-0.25, -0.2) is 9.37 Å². The predicted molar refractivity (Wildman–Crippen MR) is 82.1 cm³/mol. The quantitative estimate of drug-likeness (QED) is 0.883. The van der Waals surface area contributed by atoms with E-state index in [4.69, 9.17) is 0 Å². The minimum absolute atomic E-state index is 0.267. The summed E-state index contributed by atoms with van der Waals surface area (Å²) in [4.78, 5) is 16.2. The van der Waals surface area contributed by atoms with E-state index in [2.05, 4.69) is 22.5 Å². The monoisotopic (exact) mass is 287 g/mol. The van der Waals surface area contributed by atoms with Gasteiger partial charge in [-0.2, -0.15) is 0 Å². The van der Waals surface area contributed by atoms with Crippen molar-refractivity contribution in [1.29, 1.82) is 0 Å². The number of aromatic nitrogens is 1. The molecule has 4 nitrogen and oxygen atoms in total. The van der Waals surface area contributed by atoms with E-state index in [1.807, 2.05) is 25.1 Å². The summed E-state index contributed by atoms with van der Waals surface area (Å²) in [5.74, 6) is -0.380. The van der Waals surface area contributed by atoms with Crippen LogP contribution < -0.4 is 10.6 Å². The molecule has 1 amide bonds. The van der Waals surface area contributed by atoms with Crippen LogP contribution in [0.2, 0.25) is 0 Å². The lowest BCUT2D eigenvalue weighted by Crippen LogP contribution is -2.16. The van der Waals surface area contributed by atoms with E-state index < -0.39 is 5.82 Å². The molecule has 110 valence electrons. The molecule has 5 heteroatoms. The average Bonchev–Trinajstić information content (AvgIpc) is 2.48. The van der Waals surface area contributed by atoms with Gasteiger partial charge in [0.15, 0.2) is 0 Å². The number of hydrogen-bond acceptors (Lipinski definition) is 3. The Morgan fingerprint density at radius 3 is 2.76 bits per heavy atom. The largest absolute Gasteiger partial charge is 0.384 e. The lowest BCUT2D eigenvalue weighted by molar-refractivity contribution is 0.102. The summed E-state index contributed by atoms with van der Waals surface area (Å²) >= 11 is 0. The second kappa shape index (κ2) is 6.83. The molecule has 0 bridgehead atoms. The molecule has 0 aliphatic carbocycles. The van der Waals surface area contributed by atoms with Gasteiger partial charge in [0, 0.05) is 12.2 Å². The SMILES string of the molecule is CCCNc1ccc(C)cc1C(=O)Nc1ccc(F)cn1. The number of anilines is 2. The van der Waals surface area contributed by atoms with Crippen LogP contribution in [0.25, 0.3) is 0 Å². The molecular formula is C16H18FN3O. The van der Waals surface area contributed by atoms with E-state index in [0.717, 1.165) is 30.4 Å². The standard InChI is InChI=1S/C16H18FN3O/c1-3-8-18-14-6-4-11(2)9-13(14)16(21)20-15-7-5-12(17)10-19-15/h4-7,9-10,18H,3,8H2,1-2H3,(H,19,20,21). The third-order valence-corrected chi connectivity index (χ3v) is 2.95. The zero-order chi connectivity index (χ0) is 15.2. The highest BCUT2D eigenvalue weighted by molar-refractivity contribution is 6.07. The Kier molecular flexibility index (Phi) is 4.87. The maximum absolute atomic E-state index is 12.8. The number of nitrogens with zero attached hydrogens (tertiary/aromatic N) is 1. The van der Waals surface area contributed by atoms with Gasteiger partial charge in [-0.15, -0.1) is 0 Å². The number of halogens is 1. The van der Waals surface area contributed by atoms with Crippen molar-refractivity contribution < 1.29 is 9.18 Å². The van der Waals surface area contributed by atoms with Gasteiger partial charge in [0.25, 0.3) is 5.91 Å². The van der Waals surface area contributed by atoms with Crippen molar-refractivity contribution in [3.63, 3.8) is 0 Å². The van der Waals surface area contributed by atoms with Crippen molar-refractivity contribution in [2.75, 3.05) is 17.2 Å². The average molecular weight is 287 g/mol. The minimum atomic E-state index is -0.436. The van der Waals surface area contributed by atoms with Crippen LogP contribution in [0.5, 0.6) is 0 Å². The van der Waals surface area contributed by atoms with Crippen LogP contribution in [-0.2, 0) is 0 Å². The summed E-state index contributed by atoms with van der Waals surface area (Å²) in [6.07, 6.45) is 2.04. The highest BCUT2D eigenvalue weighted by atomic mass is 19.1. The van der Waals surface area contributed by atoms with E-state index in [0.29, 0.717) is 11.4 Å². The van der Waals surface area contributed by atoms with Gasteiger partial charge >= 0.3 is 0 Å². The van der Waals surface area contributed by atoms with Crippen LogP contribution in [0.15, 0.2) is 36.5 Å². The number of carbonyl (C=O) groups is 1. The molecule has 0 spiro atoms. The van der Waals surface area contributed by atoms with Crippen molar-refractivity contribution in [2.24, 2.45) is 0 Å². The Morgan fingerprint density at radius 1 is 1.29 bits per heavy atom. The molecule has 2 rings (SSSR count). The zero-order valence-electron chi connectivity index (χ0n) is 12.1. The zero-order valence-corrected chi connectivity index (χ0v) is 12.1. The van der Waals surface area contributed by atoms with E-state index >= 15 is 0 Å². The van der Waals surface area contributed by atoms with E-state index in [-0.39, 0.29) is 5.91 Å². The highest BCUT2D eigenvalue weighted by Crippen LogP contribution is 2.19. The third kappa shape index (κ3) is 4.02. The summed E-state index contributed by atoms with van der Waals surface area (Å²) < 4.78 is 12.8. The molecule has 0 radical (unpaired) electrons. The topological polar surface area (TPSA) is 54.0 Å². The second-order valence-electron chi connectivity index (χ2n) is 4.79. The summed E-state index contributed by atoms with van der Waals surface area (Å²) in [7, 11) is 0. The molecule has 0 aliphatic heterocycles. The van der Waals surface area contributed by atoms with Crippen LogP contribution in [0.4, 0.5) is 15.9 Å². The lowest BCUT2D eigenvalue weighted by atomic mass is 10.1. The first-order valence-electron chi connectivity index (χ1n) is 6.87. The molecule has 1 heterocycles. The van der Waals surface area contributed by atoms with Crippen molar-refractivity contribution in [1.82, 2.24) is 4.98 Å². The Hall–Kier alpha value is -2.43. The third-order valence-electron chi connectivity index (χ3n) is 2.95. The highest BCUT2D eigenvalue weighted by Gasteiger charge is 2.12. The first-order valence-corrected chi connectivity index (χ1v) is 6.87. The number of rotatable bonds is 5. The number of amides is 1. The number of carbonyl (C=O) groups excluding carboxylic acids is 1. The fraction of sp³-hybridized carbons (Fsp3) is 0.250. The lowest BCUT2D eigenvalue weighted by Gasteiger charge is -2.12. The fourth-order valence-corrected chi connectivity index (χ4v) is 1.89. The maximum atomic E-state index is 12.8. The van der Waals surface area contributed by atoms with E-state index in [1.54, 1.807) is 0 Å².